The molecular formula is C16H24P2Rh+2. The second-order valence-corrected chi connectivity index (χ2v) is 9.89. The molecule has 2 aromatic rings. The minimum atomic E-state index is -0.212. The van der Waals surface area contributed by atoms with E-state index in [1.54, 1.807) is 0 Å². The monoisotopic (exact) mass is 381 g/mol. The molecule has 0 unspecified atom stereocenters. The van der Waals surface area contributed by atoms with Gasteiger partial charge in [0.05, 0.1) is 37.3 Å². The Kier molecular flexibility index (Phi) is 10.6. The fourth-order valence-corrected chi connectivity index (χ4v) is 3.26. The number of rotatable bonds is 2. The van der Waals surface area contributed by atoms with Gasteiger partial charge in [-0.05, 0) is 24.3 Å². The first-order valence-electron chi connectivity index (χ1n) is 6.32. The van der Waals surface area contributed by atoms with E-state index in [4.69, 9.17) is 0 Å². The molecular weight excluding hydrogens is 357 g/mol. The topological polar surface area (TPSA) is 0 Å². The summed E-state index contributed by atoms with van der Waals surface area (Å²) in [5, 5.41) is 3.03. The first-order chi connectivity index (χ1) is 8.61. The second kappa shape index (κ2) is 10.7. The first kappa shape index (κ1) is 18.9. The molecule has 3 heteroatoms. The van der Waals surface area contributed by atoms with Gasteiger partial charge in [-0.2, -0.15) is 0 Å². The van der Waals surface area contributed by atoms with Crippen LogP contribution in [0.4, 0.5) is 0 Å². The molecule has 0 nitrogen and oxygen atoms in total. The average Bonchev–Trinajstić information content (AvgIpc) is 2.41. The Morgan fingerprint density at radius 3 is 0.947 bits per heavy atom. The summed E-state index contributed by atoms with van der Waals surface area (Å²) < 4.78 is 0. The molecule has 0 saturated carbocycles. The fourth-order valence-electron chi connectivity index (χ4n) is 1.54. The van der Waals surface area contributed by atoms with Crippen molar-refractivity contribution < 1.29 is 19.5 Å². The summed E-state index contributed by atoms with van der Waals surface area (Å²) in [6.45, 7) is 9.22. The molecule has 0 atom stereocenters. The largest absolute Gasteiger partial charge is 0.0908 e. The molecule has 0 spiro atoms. The number of hydrogen-bond acceptors (Lipinski definition) is 0. The van der Waals surface area contributed by atoms with Crippen LogP contribution in [-0.4, -0.2) is 26.7 Å². The molecule has 0 aromatic heterocycles. The van der Waals surface area contributed by atoms with Crippen molar-refractivity contribution in [2.24, 2.45) is 0 Å². The van der Waals surface area contributed by atoms with Crippen molar-refractivity contribution in [2.45, 2.75) is 0 Å². The minimum absolute atomic E-state index is 0. The zero-order chi connectivity index (χ0) is 13.4. The maximum atomic E-state index is 2.31. The van der Waals surface area contributed by atoms with Crippen LogP contribution in [0, 0.1) is 0 Å². The third-order valence-electron chi connectivity index (χ3n) is 2.70. The standard InChI is InChI=1S/2C8H11P.Rh/c2*1-9(2)8-6-4-3-5-7-8;/h2*3-7H,1-2H3;/p+2. The van der Waals surface area contributed by atoms with Gasteiger partial charge in [-0.3, -0.25) is 0 Å². The van der Waals surface area contributed by atoms with Gasteiger partial charge in [0, 0.05) is 35.3 Å². The van der Waals surface area contributed by atoms with Gasteiger partial charge in [-0.25, -0.2) is 0 Å². The molecule has 0 saturated heterocycles. The molecule has 0 heterocycles. The van der Waals surface area contributed by atoms with Gasteiger partial charge < -0.3 is 0 Å². The summed E-state index contributed by atoms with van der Waals surface area (Å²) in [5.74, 6) is 0. The normalized spacial score (nSPS) is 9.58. The van der Waals surface area contributed by atoms with Gasteiger partial charge in [0.2, 0.25) is 0 Å². The van der Waals surface area contributed by atoms with Gasteiger partial charge in [-0.15, -0.1) is 0 Å². The molecule has 105 valence electrons. The van der Waals surface area contributed by atoms with Crippen molar-refractivity contribution in [3.05, 3.63) is 60.7 Å². The summed E-state index contributed by atoms with van der Waals surface area (Å²) in [5.41, 5.74) is 0. The SMILES string of the molecule is C[PH+](C)c1ccccc1.C[PH+](C)c1ccccc1.[Rh]. The molecule has 2 rings (SSSR count). The summed E-state index contributed by atoms with van der Waals surface area (Å²) in [7, 11) is -0.424. The Morgan fingerprint density at radius 2 is 0.789 bits per heavy atom. The predicted molar refractivity (Wildman–Crippen MR) is 92.5 cm³/mol. The van der Waals surface area contributed by atoms with Crippen molar-refractivity contribution in [3.8, 4) is 0 Å². The van der Waals surface area contributed by atoms with Crippen LogP contribution in [0.15, 0.2) is 60.7 Å². The van der Waals surface area contributed by atoms with Gasteiger partial charge in [0.1, 0.15) is 0 Å². The molecule has 0 amide bonds. The molecule has 19 heavy (non-hydrogen) atoms. The van der Waals surface area contributed by atoms with E-state index in [-0.39, 0.29) is 35.3 Å². The zero-order valence-electron chi connectivity index (χ0n) is 12.1. The molecule has 0 N–H and O–H groups in total. The van der Waals surface area contributed by atoms with Crippen molar-refractivity contribution in [2.75, 3.05) is 26.7 Å². The van der Waals surface area contributed by atoms with Crippen molar-refractivity contribution >= 4 is 26.5 Å². The van der Waals surface area contributed by atoms with Gasteiger partial charge in [0.15, 0.2) is 0 Å². The molecule has 0 fully saturated rings. The van der Waals surface area contributed by atoms with E-state index in [0.717, 1.165) is 0 Å². The Bertz CT molecular complexity index is 384. The first-order valence-corrected chi connectivity index (χ1v) is 11.3. The van der Waals surface area contributed by atoms with Crippen LogP contribution < -0.4 is 10.6 Å². The van der Waals surface area contributed by atoms with E-state index < -0.39 is 0 Å². The summed E-state index contributed by atoms with van der Waals surface area (Å²) >= 11 is 0. The van der Waals surface area contributed by atoms with E-state index >= 15 is 0 Å². The molecule has 0 aliphatic heterocycles. The summed E-state index contributed by atoms with van der Waals surface area (Å²) in [6, 6.07) is 21.4. The molecule has 0 aliphatic carbocycles. The minimum Gasteiger partial charge on any atom is -0.0620 e. The van der Waals surface area contributed by atoms with Crippen LogP contribution in [-0.2, 0) is 19.5 Å². The molecule has 0 aliphatic rings. The zero-order valence-corrected chi connectivity index (χ0v) is 15.7. The summed E-state index contributed by atoms with van der Waals surface area (Å²) in [6.07, 6.45) is 0. The number of benzene rings is 2. The maximum Gasteiger partial charge on any atom is 0.0908 e. The molecule has 1 radical (unpaired) electrons. The maximum absolute atomic E-state index is 2.31. The van der Waals surface area contributed by atoms with E-state index in [2.05, 4.69) is 87.3 Å². The third kappa shape index (κ3) is 7.94. The van der Waals surface area contributed by atoms with E-state index in [9.17, 15) is 0 Å². The van der Waals surface area contributed by atoms with E-state index in [1.165, 1.54) is 10.6 Å². The average molecular weight is 381 g/mol. The smallest absolute Gasteiger partial charge is 0.0620 e. The van der Waals surface area contributed by atoms with Crippen molar-refractivity contribution in [1.82, 2.24) is 0 Å². The summed E-state index contributed by atoms with van der Waals surface area (Å²) in [4.78, 5) is 0. The second-order valence-electron chi connectivity index (χ2n) is 4.73. The third-order valence-corrected chi connectivity index (χ3v) is 5.68. The van der Waals surface area contributed by atoms with Crippen LogP contribution in [0.2, 0.25) is 0 Å². The van der Waals surface area contributed by atoms with Crippen LogP contribution >= 0.6 is 15.8 Å². The molecule has 2 aromatic carbocycles. The molecule has 0 bridgehead atoms. The quantitative estimate of drug-likeness (QED) is 0.551. The van der Waals surface area contributed by atoms with Gasteiger partial charge in [-0.1, -0.05) is 36.4 Å². The Balaban J connectivity index is 0.000000324. The Labute approximate surface area is 133 Å². The van der Waals surface area contributed by atoms with Crippen LogP contribution in [0.1, 0.15) is 0 Å². The van der Waals surface area contributed by atoms with Gasteiger partial charge in [0.25, 0.3) is 0 Å². The van der Waals surface area contributed by atoms with Crippen LogP contribution in [0.5, 0.6) is 0 Å². The fraction of sp³-hybridized carbons (Fsp3) is 0.250. The van der Waals surface area contributed by atoms with Crippen LogP contribution in [0.3, 0.4) is 0 Å². The van der Waals surface area contributed by atoms with Crippen molar-refractivity contribution in [1.29, 1.82) is 0 Å². The number of hydrogen-bond donors (Lipinski definition) is 0. The van der Waals surface area contributed by atoms with E-state index in [0.29, 0.717) is 0 Å². The van der Waals surface area contributed by atoms with Crippen molar-refractivity contribution in [3.63, 3.8) is 0 Å². The Hall–Kier alpha value is -0.0766. The van der Waals surface area contributed by atoms with Gasteiger partial charge >= 0.3 is 0 Å². The van der Waals surface area contributed by atoms with Crippen LogP contribution in [0.25, 0.3) is 0 Å². The van der Waals surface area contributed by atoms with E-state index in [1.807, 2.05) is 0 Å². The Morgan fingerprint density at radius 1 is 0.526 bits per heavy atom. The predicted octanol–water partition coefficient (Wildman–Crippen LogP) is 3.57.